The molecule has 0 spiro atoms. The molecule has 0 unspecified atom stereocenters. The Morgan fingerprint density at radius 3 is 2.60 bits per heavy atom. The second kappa shape index (κ2) is 8.83. The molecule has 0 radical (unpaired) electrons. The molecule has 0 aliphatic rings. The van der Waals surface area contributed by atoms with Gasteiger partial charge in [0, 0.05) is 28.2 Å². The minimum atomic E-state index is -0.344. The van der Waals surface area contributed by atoms with Gasteiger partial charge in [-0.25, -0.2) is 9.50 Å². The van der Waals surface area contributed by atoms with Crippen molar-refractivity contribution in [3.63, 3.8) is 0 Å². The highest BCUT2D eigenvalue weighted by Gasteiger charge is 2.17. The highest BCUT2D eigenvalue weighted by atomic mass is 32.2. The van der Waals surface area contributed by atoms with Gasteiger partial charge in [-0.15, -0.1) is 5.10 Å². The maximum absolute atomic E-state index is 12.6. The fourth-order valence-electron chi connectivity index (χ4n) is 2.94. The molecule has 2 aromatic heterocycles. The summed E-state index contributed by atoms with van der Waals surface area (Å²) in [6.07, 6.45) is 0. The number of rotatable bonds is 6. The molecule has 2 amide bonds. The van der Waals surface area contributed by atoms with Crippen molar-refractivity contribution < 1.29 is 9.59 Å². The topological polar surface area (TPSA) is 101 Å². The van der Waals surface area contributed by atoms with Crippen LogP contribution in [0.2, 0.25) is 0 Å². The Morgan fingerprint density at radius 1 is 1.13 bits per heavy atom. The van der Waals surface area contributed by atoms with Gasteiger partial charge in [-0.3, -0.25) is 9.59 Å². The lowest BCUT2D eigenvalue weighted by molar-refractivity contribution is -0.121. The lowest BCUT2D eigenvalue weighted by Crippen LogP contribution is -2.45. The Kier molecular flexibility index (Phi) is 6.40. The van der Waals surface area contributed by atoms with Gasteiger partial charge in [0.25, 0.3) is 11.7 Å². The summed E-state index contributed by atoms with van der Waals surface area (Å²) < 4.78 is 1.71. The molecule has 1 aromatic carbocycles. The van der Waals surface area contributed by atoms with Crippen molar-refractivity contribution in [1.29, 1.82) is 0 Å². The van der Waals surface area contributed by atoms with Crippen molar-refractivity contribution in [2.75, 3.05) is 6.54 Å². The molecule has 2 N–H and O–H groups in total. The van der Waals surface area contributed by atoms with Gasteiger partial charge in [0.2, 0.25) is 11.1 Å². The van der Waals surface area contributed by atoms with Crippen LogP contribution in [-0.4, -0.2) is 43.5 Å². The van der Waals surface area contributed by atoms with Crippen LogP contribution in [0.1, 0.15) is 48.1 Å². The molecule has 30 heavy (non-hydrogen) atoms. The average Bonchev–Trinajstić information content (AvgIpc) is 3.06. The number of amides is 2. The Hall–Kier alpha value is -2.94. The van der Waals surface area contributed by atoms with Gasteiger partial charge in [-0.05, 0) is 52.3 Å². The van der Waals surface area contributed by atoms with E-state index in [4.69, 9.17) is 0 Å². The Labute approximate surface area is 179 Å². The summed E-state index contributed by atoms with van der Waals surface area (Å²) in [6, 6.07) is 9.27. The number of hydrogen-bond donors (Lipinski definition) is 2. The predicted octanol–water partition coefficient (Wildman–Crippen LogP) is 2.68. The number of aryl methyl sites for hydroxylation is 2. The van der Waals surface area contributed by atoms with Crippen LogP contribution in [0, 0.1) is 13.8 Å². The van der Waals surface area contributed by atoms with Crippen molar-refractivity contribution in [2.45, 2.75) is 51.1 Å². The quantitative estimate of drug-likeness (QED) is 0.588. The van der Waals surface area contributed by atoms with Crippen LogP contribution in [-0.2, 0) is 10.5 Å². The summed E-state index contributed by atoms with van der Waals surface area (Å²) in [5.41, 5.74) is 2.88. The lowest BCUT2D eigenvalue weighted by atomic mass is 10.1. The molecule has 0 bridgehead atoms. The highest BCUT2D eigenvalue weighted by molar-refractivity contribution is 7.98. The zero-order valence-corrected chi connectivity index (χ0v) is 18.6. The van der Waals surface area contributed by atoms with Gasteiger partial charge in [0.1, 0.15) is 0 Å². The van der Waals surface area contributed by atoms with Crippen LogP contribution < -0.4 is 10.6 Å². The Morgan fingerprint density at radius 2 is 1.87 bits per heavy atom. The second-order valence-electron chi connectivity index (χ2n) is 8.07. The first-order chi connectivity index (χ1) is 14.1. The van der Waals surface area contributed by atoms with Crippen LogP contribution in [0.3, 0.4) is 0 Å². The van der Waals surface area contributed by atoms with E-state index in [2.05, 4.69) is 25.7 Å². The first-order valence-corrected chi connectivity index (χ1v) is 10.6. The van der Waals surface area contributed by atoms with Crippen LogP contribution >= 0.6 is 11.8 Å². The number of fused-ring (bicyclic) bond motifs is 1. The fraction of sp³-hybridized carbons (Fsp3) is 0.381. The maximum Gasteiger partial charge on any atom is 0.253 e. The molecule has 0 fully saturated rings. The lowest BCUT2D eigenvalue weighted by Gasteiger charge is -2.20. The van der Waals surface area contributed by atoms with Gasteiger partial charge >= 0.3 is 0 Å². The zero-order valence-electron chi connectivity index (χ0n) is 17.8. The summed E-state index contributed by atoms with van der Waals surface area (Å²) in [5, 5.41) is 10.6. The third-order valence-electron chi connectivity index (χ3n) is 4.14. The molecule has 3 rings (SSSR count). The summed E-state index contributed by atoms with van der Waals surface area (Å²) >= 11 is 1.44. The molecule has 0 aliphatic heterocycles. The first kappa shape index (κ1) is 21.8. The summed E-state index contributed by atoms with van der Waals surface area (Å²) in [7, 11) is 0. The van der Waals surface area contributed by atoms with Crippen LogP contribution in [0.15, 0.2) is 35.5 Å². The number of carbonyl (C=O) groups excluding carboxylic acids is 2. The van der Waals surface area contributed by atoms with E-state index in [9.17, 15) is 9.59 Å². The number of carbonyl (C=O) groups is 2. The van der Waals surface area contributed by atoms with Crippen molar-refractivity contribution in [1.82, 2.24) is 30.2 Å². The van der Waals surface area contributed by atoms with E-state index in [1.165, 1.54) is 11.8 Å². The van der Waals surface area contributed by atoms with E-state index < -0.39 is 0 Å². The van der Waals surface area contributed by atoms with Gasteiger partial charge in [0.15, 0.2) is 0 Å². The number of benzene rings is 1. The van der Waals surface area contributed by atoms with Crippen molar-refractivity contribution in [3.05, 3.63) is 52.8 Å². The zero-order chi connectivity index (χ0) is 21.9. The molecule has 0 saturated heterocycles. The predicted molar refractivity (Wildman–Crippen MR) is 116 cm³/mol. The van der Waals surface area contributed by atoms with Crippen LogP contribution in [0.5, 0.6) is 0 Å². The maximum atomic E-state index is 12.6. The molecule has 158 valence electrons. The van der Waals surface area contributed by atoms with E-state index in [1.54, 1.807) is 16.6 Å². The standard InChI is InChI=1S/C21H26N6O2S/c1-13-10-14(2)27-19(23-13)24-20(26-27)30-12-15-8-6-7-9-16(15)18(29)22-11-17(28)25-21(3,4)5/h6-10H,11-12H2,1-5H3,(H,22,29)(H,25,28). The number of nitrogens with one attached hydrogen (secondary N) is 2. The molecular formula is C21H26N6O2S. The molecule has 3 aromatic rings. The Bertz CT molecular complexity index is 1090. The SMILES string of the molecule is Cc1cc(C)n2nc(SCc3ccccc3C(=O)NCC(=O)NC(C)(C)C)nc2n1. The minimum Gasteiger partial charge on any atom is -0.350 e. The van der Waals surface area contributed by atoms with E-state index in [0.29, 0.717) is 22.3 Å². The fourth-order valence-corrected chi connectivity index (χ4v) is 3.76. The molecule has 8 nitrogen and oxygen atoms in total. The minimum absolute atomic E-state index is 0.0735. The second-order valence-corrected chi connectivity index (χ2v) is 9.01. The van der Waals surface area contributed by atoms with Gasteiger partial charge in [-0.2, -0.15) is 4.98 Å². The monoisotopic (exact) mass is 426 g/mol. The van der Waals surface area contributed by atoms with E-state index in [-0.39, 0.29) is 23.9 Å². The summed E-state index contributed by atoms with van der Waals surface area (Å²) in [4.78, 5) is 33.5. The first-order valence-electron chi connectivity index (χ1n) is 9.63. The van der Waals surface area contributed by atoms with E-state index in [0.717, 1.165) is 17.0 Å². The summed E-state index contributed by atoms with van der Waals surface area (Å²) in [6.45, 7) is 9.49. The van der Waals surface area contributed by atoms with Crippen molar-refractivity contribution in [2.24, 2.45) is 0 Å². The number of nitrogens with zero attached hydrogens (tertiary/aromatic N) is 4. The molecule has 9 heteroatoms. The normalized spacial score (nSPS) is 11.5. The molecule has 0 atom stereocenters. The van der Waals surface area contributed by atoms with E-state index in [1.807, 2.05) is 52.8 Å². The molecule has 0 saturated carbocycles. The number of aromatic nitrogens is 4. The third-order valence-corrected chi connectivity index (χ3v) is 5.03. The number of hydrogen-bond acceptors (Lipinski definition) is 6. The average molecular weight is 427 g/mol. The van der Waals surface area contributed by atoms with E-state index >= 15 is 0 Å². The van der Waals surface area contributed by atoms with Crippen LogP contribution in [0.4, 0.5) is 0 Å². The van der Waals surface area contributed by atoms with Crippen LogP contribution in [0.25, 0.3) is 5.78 Å². The Balaban J connectivity index is 1.67. The number of thioether (sulfide) groups is 1. The van der Waals surface area contributed by atoms with Gasteiger partial charge < -0.3 is 10.6 Å². The smallest absolute Gasteiger partial charge is 0.253 e. The largest absolute Gasteiger partial charge is 0.350 e. The molecular weight excluding hydrogens is 400 g/mol. The van der Waals surface area contributed by atoms with Gasteiger partial charge in [0.05, 0.1) is 6.54 Å². The molecule has 0 aliphatic carbocycles. The van der Waals surface area contributed by atoms with Crippen molar-refractivity contribution in [3.8, 4) is 0 Å². The summed E-state index contributed by atoms with van der Waals surface area (Å²) in [5.74, 6) is 0.569. The van der Waals surface area contributed by atoms with Crippen molar-refractivity contribution >= 4 is 29.4 Å². The van der Waals surface area contributed by atoms with Gasteiger partial charge in [-0.1, -0.05) is 30.0 Å². The highest BCUT2D eigenvalue weighted by Crippen LogP contribution is 2.22. The molecule has 2 heterocycles. The third kappa shape index (κ3) is 5.56.